The molecule has 1 aromatic carbocycles. The van der Waals surface area contributed by atoms with E-state index in [0.29, 0.717) is 17.8 Å². The SMILES string of the molecule is Cc1noc(CCNC(C)c2ccc(C(C)(C)C)cc2)n1. The van der Waals surface area contributed by atoms with Crippen molar-refractivity contribution in [1.82, 2.24) is 15.5 Å². The number of aromatic nitrogens is 2. The highest BCUT2D eigenvalue weighted by molar-refractivity contribution is 5.29. The highest BCUT2D eigenvalue weighted by Crippen LogP contribution is 2.23. The molecule has 4 nitrogen and oxygen atoms in total. The number of hydrogen-bond donors (Lipinski definition) is 1. The van der Waals surface area contributed by atoms with Crippen molar-refractivity contribution in [2.45, 2.75) is 52.5 Å². The first kappa shape index (κ1) is 15.7. The van der Waals surface area contributed by atoms with Crippen LogP contribution in [-0.4, -0.2) is 16.7 Å². The van der Waals surface area contributed by atoms with Crippen molar-refractivity contribution < 1.29 is 4.52 Å². The summed E-state index contributed by atoms with van der Waals surface area (Å²) in [6.45, 7) is 11.5. The van der Waals surface area contributed by atoms with E-state index in [4.69, 9.17) is 4.52 Å². The molecular weight excluding hydrogens is 262 g/mol. The lowest BCUT2D eigenvalue weighted by molar-refractivity contribution is 0.370. The van der Waals surface area contributed by atoms with E-state index >= 15 is 0 Å². The summed E-state index contributed by atoms with van der Waals surface area (Å²) in [6.07, 6.45) is 0.755. The van der Waals surface area contributed by atoms with Crippen molar-refractivity contribution in [1.29, 1.82) is 0 Å². The minimum Gasteiger partial charge on any atom is -0.339 e. The van der Waals surface area contributed by atoms with Crippen molar-refractivity contribution >= 4 is 0 Å². The summed E-state index contributed by atoms with van der Waals surface area (Å²) in [4.78, 5) is 4.20. The molecule has 1 heterocycles. The first-order chi connectivity index (χ1) is 9.86. The maximum absolute atomic E-state index is 5.10. The van der Waals surface area contributed by atoms with Gasteiger partial charge in [-0.1, -0.05) is 50.2 Å². The van der Waals surface area contributed by atoms with E-state index in [-0.39, 0.29) is 5.41 Å². The Labute approximate surface area is 127 Å². The third-order valence-corrected chi connectivity index (χ3v) is 3.64. The highest BCUT2D eigenvalue weighted by atomic mass is 16.5. The smallest absolute Gasteiger partial charge is 0.227 e. The second-order valence-electron chi connectivity index (χ2n) is 6.53. The van der Waals surface area contributed by atoms with Crippen molar-refractivity contribution in [3.63, 3.8) is 0 Å². The van der Waals surface area contributed by atoms with Gasteiger partial charge in [0, 0.05) is 19.0 Å². The maximum atomic E-state index is 5.10. The van der Waals surface area contributed by atoms with E-state index in [1.54, 1.807) is 0 Å². The number of nitrogens with zero attached hydrogens (tertiary/aromatic N) is 2. The normalized spacial score (nSPS) is 13.4. The molecular formula is C17H25N3O. The average Bonchev–Trinajstić information content (AvgIpc) is 2.83. The Morgan fingerprint density at radius 2 is 1.86 bits per heavy atom. The Morgan fingerprint density at radius 1 is 1.19 bits per heavy atom. The lowest BCUT2D eigenvalue weighted by Gasteiger charge is -2.20. The number of rotatable bonds is 5. The van der Waals surface area contributed by atoms with Crippen LogP contribution in [0.15, 0.2) is 28.8 Å². The van der Waals surface area contributed by atoms with Crippen LogP contribution in [0.3, 0.4) is 0 Å². The Hall–Kier alpha value is -1.68. The van der Waals surface area contributed by atoms with Gasteiger partial charge in [0.05, 0.1) is 0 Å². The summed E-state index contributed by atoms with van der Waals surface area (Å²) < 4.78 is 5.10. The number of aryl methyl sites for hydroxylation is 1. The van der Waals surface area contributed by atoms with Crippen LogP contribution in [0.5, 0.6) is 0 Å². The second-order valence-corrected chi connectivity index (χ2v) is 6.53. The summed E-state index contributed by atoms with van der Waals surface area (Å²) in [5.74, 6) is 1.38. The first-order valence-electron chi connectivity index (χ1n) is 7.49. The summed E-state index contributed by atoms with van der Waals surface area (Å²) in [5, 5.41) is 7.28. The third kappa shape index (κ3) is 4.39. The Balaban J connectivity index is 1.87. The predicted molar refractivity (Wildman–Crippen MR) is 84.3 cm³/mol. The minimum absolute atomic E-state index is 0.199. The summed E-state index contributed by atoms with van der Waals surface area (Å²) in [7, 11) is 0. The van der Waals surface area contributed by atoms with E-state index in [2.05, 4.69) is 67.4 Å². The lowest BCUT2D eigenvalue weighted by atomic mass is 9.86. The Bertz CT molecular complexity index is 566. The minimum atomic E-state index is 0.199. The fourth-order valence-corrected chi connectivity index (χ4v) is 2.23. The van der Waals surface area contributed by atoms with Gasteiger partial charge in [-0.2, -0.15) is 4.98 Å². The van der Waals surface area contributed by atoms with Crippen molar-refractivity contribution in [3.05, 3.63) is 47.1 Å². The van der Waals surface area contributed by atoms with Gasteiger partial charge in [0.15, 0.2) is 5.82 Å². The quantitative estimate of drug-likeness (QED) is 0.913. The van der Waals surface area contributed by atoms with Crippen molar-refractivity contribution in [3.8, 4) is 0 Å². The van der Waals surface area contributed by atoms with Gasteiger partial charge >= 0.3 is 0 Å². The van der Waals surface area contributed by atoms with Crippen LogP contribution in [0.2, 0.25) is 0 Å². The molecule has 1 aromatic heterocycles. The highest BCUT2D eigenvalue weighted by Gasteiger charge is 2.14. The fourth-order valence-electron chi connectivity index (χ4n) is 2.23. The molecule has 0 fully saturated rings. The molecule has 2 aromatic rings. The van der Waals surface area contributed by atoms with Crippen molar-refractivity contribution in [2.24, 2.45) is 0 Å². The summed E-state index contributed by atoms with van der Waals surface area (Å²) in [6, 6.07) is 9.15. The van der Waals surface area contributed by atoms with Gasteiger partial charge in [0.1, 0.15) is 0 Å². The monoisotopic (exact) mass is 287 g/mol. The van der Waals surface area contributed by atoms with Crippen molar-refractivity contribution in [2.75, 3.05) is 6.54 Å². The topological polar surface area (TPSA) is 51.0 Å². The summed E-state index contributed by atoms with van der Waals surface area (Å²) >= 11 is 0. The third-order valence-electron chi connectivity index (χ3n) is 3.64. The molecule has 114 valence electrons. The van der Waals surface area contributed by atoms with Gasteiger partial charge in [0.2, 0.25) is 5.89 Å². The van der Waals surface area contributed by atoms with Crippen LogP contribution in [0.4, 0.5) is 0 Å². The van der Waals surface area contributed by atoms with Gasteiger partial charge in [-0.05, 0) is 30.4 Å². The zero-order chi connectivity index (χ0) is 15.5. The molecule has 0 bridgehead atoms. The maximum Gasteiger partial charge on any atom is 0.227 e. The second kappa shape index (κ2) is 6.39. The molecule has 0 aliphatic heterocycles. The molecule has 4 heteroatoms. The standard InChI is InChI=1S/C17H25N3O/c1-12(18-11-10-16-19-13(2)20-21-16)14-6-8-15(9-7-14)17(3,4)5/h6-9,12,18H,10-11H2,1-5H3. The lowest BCUT2D eigenvalue weighted by Crippen LogP contribution is -2.21. The Morgan fingerprint density at radius 3 is 2.38 bits per heavy atom. The van der Waals surface area contributed by atoms with E-state index in [1.807, 2.05) is 6.92 Å². The van der Waals surface area contributed by atoms with Gasteiger partial charge in [-0.3, -0.25) is 0 Å². The largest absolute Gasteiger partial charge is 0.339 e. The molecule has 1 atom stereocenters. The van der Waals surface area contributed by atoms with Crippen LogP contribution in [0.1, 0.15) is 56.6 Å². The van der Waals surface area contributed by atoms with Gasteiger partial charge in [-0.15, -0.1) is 0 Å². The van der Waals surface area contributed by atoms with Gasteiger partial charge in [0.25, 0.3) is 0 Å². The molecule has 21 heavy (non-hydrogen) atoms. The van der Waals surface area contributed by atoms with Gasteiger partial charge < -0.3 is 9.84 Å². The van der Waals surface area contributed by atoms with Gasteiger partial charge in [-0.25, -0.2) is 0 Å². The van der Waals surface area contributed by atoms with E-state index in [0.717, 1.165) is 13.0 Å². The molecule has 0 saturated heterocycles. The Kier molecular flexibility index (Phi) is 4.78. The van der Waals surface area contributed by atoms with E-state index in [1.165, 1.54) is 11.1 Å². The molecule has 1 unspecified atom stereocenters. The van der Waals surface area contributed by atoms with E-state index in [9.17, 15) is 0 Å². The van der Waals surface area contributed by atoms with Crippen LogP contribution >= 0.6 is 0 Å². The molecule has 0 aliphatic rings. The zero-order valence-corrected chi connectivity index (χ0v) is 13.6. The molecule has 0 radical (unpaired) electrons. The van der Waals surface area contributed by atoms with Crippen LogP contribution in [-0.2, 0) is 11.8 Å². The number of benzene rings is 1. The number of nitrogens with one attached hydrogen (secondary N) is 1. The zero-order valence-electron chi connectivity index (χ0n) is 13.6. The van der Waals surface area contributed by atoms with E-state index < -0.39 is 0 Å². The number of hydrogen-bond acceptors (Lipinski definition) is 4. The molecule has 0 saturated carbocycles. The molecule has 2 rings (SSSR count). The summed E-state index contributed by atoms with van der Waals surface area (Å²) in [5.41, 5.74) is 2.86. The molecule has 0 amide bonds. The predicted octanol–water partition coefficient (Wildman–Crippen LogP) is 3.57. The van der Waals surface area contributed by atoms with Crippen LogP contribution < -0.4 is 5.32 Å². The van der Waals surface area contributed by atoms with Crippen LogP contribution in [0, 0.1) is 6.92 Å². The molecule has 0 aliphatic carbocycles. The molecule has 0 spiro atoms. The average molecular weight is 287 g/mol. The fraction of sp³-hybridized carbons (Fsp3) is 0.529. The first-order valence-corrected chi connectivity index (χ1v) is 7.49. The van der Waals surface area contributed by atoms with Crippen LogP contribution in [0.25, 0.3) is 0 Å². The molecule has 1 N–H and O–H groups in total.